The van der Waals surface area contributed by atoms with Crippen LogP contribution in [-0.2, 0) is 23.1 Å². The van der Waals surface area contributed by atoms with Crippen molar-refractivity contribution < 1.29 is 19.4 Å². The molecule has 0 unspecified atom stereocenters. The van der Waals surface area contributed by atoms with E-state index >= 15 is 0 Å². The summed E-state index contributed by atoms with van der Waals surface area (Å²) in [6, 6.07) is -0.331. The van der Waals surface area contributed by atoms with Crippen LogP contribution in [0.2, 0.25) is 0 Å². The molecule has 8 heteroatoms. The van der Waals surface area contributed by atoms with Gasteiger partial charge in [-0.25, -0.2) is 9.59 Å². The molecule has 1 aromatic rings. The lowest BCUT2D eigenvalue weighted by Crippen LogP contribution is -2.37. The number of carbonyl (C=O) groups excluding carboxylic acids is 1. The molecule has 1 heterocycles. The number of ether oxygens (including phenoxy) is 1. The predicted molar refractivity (Wildman–Crippen MR) is 66.6 cm³/mol. The van der Waals surface area contributed by atoms with Gasteiger partial charge in [0.05, 0.1) is 12.3 Å². The van der Waals surface area contributed by atoms with Crippen molar-refractivity contribution in [3.63, 3.8) is 0 Å². The zero-order chi connectivity index (χ0) is 14.3. The maximum Gasteiger partial charge on any atom is 0.329 e. The standard InChI is InChI=1S/C11H18N4O4/c1-8-9(6-15(2)14-8)5-13-11(18)12-3-4-19-7-10(16)17/h6H,3-5,7H2,1-2H3,(H,16,17)(H2,12,13,18). The van der Waals surface area contributed by atoms with Crippen molar-refractivity contribution in [2.45, 2.75) is 13.5 Å². The molecule has 0 aromatic carbocycles. The van der Waals surface area contributed by atoms with Crippen LogP contribution in [0.4, 0.5) is 4.79 Å². The Balaban J connectivity index is 2.14. The second kappa shape index (κ2) is 7.37. The van der Waals surface area contributed by atoms with Crippen LogP contribution in [0.5, 0.6) is 0 Å². The number of rotatable bonds is 7. The summed E-state index contributed by atoms with van der Waals surface area (Å²) in [7, 11) is 1.82. The summed E-state index contributed by atoms with van der Waals surface area (Å²) in [6.07, 6.45) is 1.84. The van der Waals surface area contributed by atoms with Crippen LogP contribution in [0.3, 0.4) is 0 Å². The van der Waals surface area contributed by atoms with Crippen molar-refractivity contribution in [1.29, 1.82) is 0 Å². The van der Waals surface area contributed by atoms with Gasteiger partial charge >= 0.3 is 12.0 Å². The third kappa shape index (κ3) is 5.87. The number of nitrogens with zero attached hydrogens (tertiary/aromatic N) is 2. The van der Waals surface area contributed by atoms with E-state index < -0.39 is 5.97 Å². The van der Waals surface area contributed by atoms with E-state index in [1.165, 1.54) is 0 Å². The molecular weight excluding hydrogens is 252 g/mol. The largest absolute Gasteiger partial charge is 0.480 e. The molecule has 0 atom stereocenters. The van der Waals surface area contributed by atoms with Crippen molar-refractivity contribution in [2.75, 3.05) is 19.8 Å². The molecule has 0 saturated heterocycles. The van der Waals surface area contributed by atoms with E-state index in [0.29, 0.717) is 6.54 Å². The number of hydrogen-bond donors (Lipinski definition) is 3. The highest BCUT2D eigenvalue weighted by Crippen LogP contribution is 2.03. The minimum Gasteiger partial charge on any atom is -0.480 e. The average molecular weight is 270 g/mol. The van der Waals surface area contributed by atoms with Crippen LogP contribution < -0.4 is 10.6 Å². The van der Waals surface area contributed by atoms with Crippen LogP contribution in [0.15, 0.2) is 6.20 Å². The second-order valence-electron chi connectivity index (χ2n) is 3.97. The number of urea groups is 1. The third-order valence-corrected chi connectivity index (χ3v) is 2.31. The van der Waals surface area contributed by atoms with E-state index in [4.69, 9.17) is 9.84 Å². The Labute approximate surface area is 110 Å². The number of nitrogens with one attached hydrogen (secondary N) is 2. The van der Waals surface area contributed by atoms with Gasteiger partial charge in [-0.2, -0.15) is 5.10 Å². The average Bonchev–Trinajstić information content (AvgIpc) is 2.64. The Hall–Kier alpha value is -2.09. The summed E-state index contributed by atoms with van der Waals surface area (Å²) in [5.41, 5.74) is 1.81. The first kappa shape index (κ1) is 15.0. The minimum absolute atomic E-state index is 0.158. The van der Waals surface area contributed by atoms with Gasteiger partial charge in [0.25, 0.3) is 0 Å². The van der Waals surface area contributed by atoms with Gasteiger partial charge in [-0.15, -0.1) is 0 Å². The molecule has 0 saturated carbocycles. The van der Waals surface area contributed by atoms with Crippen molar-refractivity contribution in [3.05, 3.63) is 17.5 Å². The Kier molecular flexibility index (Phi) is 5.80. The van der Waals surface area contributed by atoms with E-state index in [1.54, 1.807) is 4.68 Å². The molecular formula is C11H18N4O4. The lowest BCUT2D eigenvalue weighted by atomic mass is 10.3. The summed E-state index contributed by atoms with van der Waals surface area (Å²) in [6.45, 7) is 2.31. The van der Waals surface area contributed by atoms with Gasteiger partial charge in [0.15, 0.2) is 0 Å². The maximum absolute atomic E-state index is 11.4. The molecule has 106 valence electrons. The SMILES string of the molecule is Cc1nn(C)cc1CNC(=O)NCCOCC(=O)O. The molecule has 2 amide bonds. The van der Waals surface area contributed by atoms with Crippen LogP contribution >= 0.6 is 0 Å². The summed E-state index contributed by atoms with van der Waals surface area (Å²) in [5, 5.41) is 17.7. The van der Waals surface area contributed by atoms with Crippen molar-refractivity contribution in [3.8, 4) is 0 Å². The fraction of sp³-hybridized carbons (Fsp3) is 0.545. The van der Waals surface area contributed by atoms with Gasteiger partial charge in [-0.05, 0) is 6.92 Å². The number of hydrogen-bond acceptors (Lipinski definition) is 4. The predicted octanol–water partition coefficient (Wildman–Crippen LogP) is -0.371. The molecule has 8 nitrogen and oxygen atoms in total. The van der Waals surface area contributed by atoms with Crippen molar-refractivity contribution in [1.82, 2.24) is 20.4 Å². The smallest absolute Gasteiger partial charge is 0.329 e. The molecule has 0 aliphatic heterocycles. The zero-order valence-corrected chi connectivity index (χ0v) is 11.0. The van der Waals surface area contributed by atoms with E-state index in [1.807, 2.05) is 20.2 Å². The van der Waals surface area contributed by atoms with Gasteiger partial charge in [0.1, 0.15) is 6.61 Å². The number of amides is 2. The van der Waals surface area contributed by atoms with Crippen molar-refractivity contribution >= 4 is 12.0 Å². The van der Waals surface area contributed by atoms with Crippen molar-refractivity contribution in [2.24, 2.45) is 7.05 Å². The Morgan fingerprint density at radius 1 is 1.47 bits per heavy atom. The summed E-state index contributed by atoms with van der Waals surface area (Å²) < 4.78 is 6.46. The van der Waals surface area contributed by atoms with Gasteiger partial charge in [-0.3, -0.25) is 4.68 Å². The molecule has 0 bridgehead atoms. The fourth-order valence-corrected chi connectivity index (χ4v) is 1.46. The van der Waals surface area contributed by atoms with Gasteiger partial charge < -0.3 is 20.5 Å². The number of aliphatic carboxylic acids is 1. The number of carboxylic acids is 1. The Morgan fingerprint density at radius 2 is 2.21 bits per heavy atom. The quantitative estimate of drug-likeness (QED) is 0.586. The molecule has 1 aromatic heterocycles. The maximum atomic E-state index is 11.4. The van der Waals surface area contributed by atoms with E-state index in [-0.39, 0.29) is 25.8 Å². The number of carbonyl (C=O) groups is 2. The third-order valence-electron chi connectivity index (χ3n) is 2.31. The lowest BCUT2D eigenvalue weighted by Gasteiger charge is -2.07. The molecule has 0 radical (unpaired) electrons. The lowest BCUT2D eigenvalue weighted by molar-refractivity contribution is -0.142. The number of aryl methyl sites for hydroxylation is 2. The fourth-order valence-electron chi connectivity index (χ4n) is 1.46. The van der Waals surface area contributed by atoms with E-state index in [2.05, 4.69) is 15.7 Å². The zero-order valence-electron chi connectivity index (χ0n) is 11.0. The Morgan fingerprint density at radius 3 is 2.79 bits per heavy atom. The summed E-state index contributed by atoms with van der Waals surface area (Å²) in [4.78, 5) is 21.6. The first-order chi connectivity index (χ1) is 8.99. The van der Waals surface area contributed by atoms with Crippen LogP contribution in [0.1, 0.15) is 11.3 Å². The molecule has 0 aliphatic rings. The number of aromatic nitrogens is 2. The first-order valence-electron chi connectivity index (χ1n) is 5.79. The highest BCUT2D eigenvalue weighted by atomic mass is 16.5. The first-order valence-corrected chi connectivity index (χ1v) is 5.79. The summed E-state index contributed by atoms with van der Waals surface area (Å²) >= 11 is 0. The van der Waals surface area contributed by atoms with Gasteiger partial charge in [-0.1, -0.05) is 0 Å². The van der Waals surface area contributed by atoms with Crippen LogP contribution in [-0.4, -0.2) is 46.6 Å². The van der Waals surface area contributed by atoms with Gasteiger partial charge in [0, 0.05) is 31.9 Å². The number of carboxylic acid groups (broad SMARTS) is 1. The monoisotopic (exact) mass is 270 g/mol. The second-order valence-corrected chi connectivity index (χ2v) is 3.97. The molecule has 19 heavy (non-hydrogen) atoms. The highest BCUT2D eigenvalue weighted by Gasteiger charge is 2.05. The van der Waals surface area contributed by atoms with E-state index in [9.17, 15) is 9.59 Å². The molecule has 3 N–H and O–H groups in total. The molecule has 0 fully saturated rings. The van der Waals surface area contributed by atoms with Crippen LogP contribution in [0, 0.1) is 6.92 Å². The molecule has 0 aliphatic carbocycles. The van der Waals surface area contributed by atoms with Gasteiger partial charge in [0.2, 0.25) is 0 Å². The summed E-state index contributed by atoms with van der Waals surface area (Å²) in [5.74, 6) is -1.03. The topological polar surface area (TPSA) is 105 Å². The normalized spacial score (nSPS) is 10.2. The Bertz CT molecular complexity index is 444. The van der Waals surface area contributed by atoms with Crippen LogP contribution in [0.25, 0.3) is 0 Å². The molecule has 0 spiro atoms. The molecule has 1 rings (SSSR count). The van der Waals surface area contributed by atoms with E-state index in [0.717, 1.165) is 11.3 Å². The minimum atomic E-state index is -1.03. The highest BCUT2D eigenvalue weighted by molar-refractivity contribution is 5.73.